The summed E-state index contributed by atoms with van der Waals surface area (Å²) in [7, 11) is 1.93. The quantitative estimate of drug-likeness (QED) is 0.870. The molecule has 1 fully saturated rings. The zero-order valence-electron chi connectivity index (χ0n) is 14.1. The molecule has 1 unspecified atom stereocenters. The highest BCUT2D eigenvalue weighted by molar-refractivity contribution is 5.79. The van der Waals surface area contributed by atoms with E-state index >= 15 is 0 Å². The van der Waals surface area contributed by atoms with E-state index in [2.05, 4.69) is 17.4 Å². The van der Waals surface area contributed by atoms with Gasteiger partial charge in [-0.2, -0.15) is 5.10 Å². The van der Waals surface area contributed by atoms with Crippen molar-refractivity contribution in [2.45, 2.75) is 31.6 Å². The van der Waals surface area contributed by atoms with E-state index in [1.54, 1.807) is 0 Å². The van der Waals surface area contributed by atoms with Gasteiger partial charge in [-0.1, -0.05) is 12.1 Å². The van der Waals surface area contributed by atoms with Gasteiger partial charge in [-0.25, -0.2) is 0 Å². The highest BCUT2D eigenvalue weighted by atomic mass is 16.5. The lowest BCUT2D eigenvalue weighted by Crippen LogP contribution is -2.29. The van der Waals surface area contributed by atoms with Gasteiger partial charge in [0.15, 0.2) is 0 Å². The van der Waals surface area contributed by atoms with E-state index in [1.807, 2.05) is 35.0 Å². The summed E-state index contributed by atoms with van der Waals surface area (Å²) in [5, 5.41) is 4.24. The predicted octanol–water partition coefficient (Wildman–Crippen LogP) is 2.30. The zero-order chi connectivity index (χ0) is 16.5. The molecule has 5 heteroatoms. The summed E-state index contributed by atoms with van der Waals surface area (Å²) in [5.74, 6) is 1.62. The van der Waals surface area contributed by atoms with Crippen molar-refractivity contribution in [1.82, 2.24) is 14.7 Å². The lowest BCUT2D eigenvalue weighted by Gasteiger charge is -2.19. The summed E-state index contributed by atoms with van der Waals surface area (Å²) in [5.41, 5.74) is 3.56. The van der Waals surface area contributed by atoms with E-state index in [1.165, 1.54) is 11.1 Å². The maximum atomic E-state index is 12.6. The first-order valence-corrected chi connectivity index (χ1v) is 8.70. The molecule has 1 aromatic heterocycles. The molecule has 0 spiro atoms. The van der Waals surface area contributed by atoms with Crippen molar-refractivity contribution in [2.75, 3.05) is 19.7 Å². The summed E-state index contributed by atoms with van der Waals surface area (Å²) in [4.78, 5) is 14.6. The lowest BCUT2D eigenvalue weighted by atomic mass is 10.0. The third-order valence-corrected chi connectivity index (χ3v) is 5.07. The number of likely N-dealkylation sites (tertiary alicyclic amines) is 1. The Morgan fingerprint density at radius 3 is 3.17 bits per heavy atom. The third-order valence-electron chi connectivity index (χ3n) is 5.07. The number of amides is 1. The summed E-state index contributed by atoms with van der Waals surface area (Å²) in [6, 6.07) is 6.18. The number of benzene rings is 1. The van der Waals surface area contributed by atoms with Gasteiger partial charge in [-0.15, -0.1) is 0 Å². The Balaban J connectivity index is 1.40. The van der Waals surface area contributed by atoms with Gasteiger partial charge in [0.1, 0.15) is 5.75 Å². The molecule has 3 heterocycles. The van der Waals surface area contributed by atoms with Crippen LogP contribution in [0, 0.1) is 0 Å². The van der Waals surface area contributed by atoms with Crippen LogP contribution in [0.2, 0.25) is 0 Å². The van der Waals surface area contributed by atoms with Gasteiger partial charge >= 0.3 is 0 Å². The van der Waals surface area contributed by atoms with E-state index in [0.717, 1.165) is 50.3 Å². The number of ether oxygens (including phenoxy) is 1. The van der Waals surface area contributed by atoms with Crippen LogP contribution < -0.4 is 4.74 Å². The first-order chi connectivity index (χ1) is 11.7. The summed E-state index contributed by atoms with van der Waals surface area (Å²) in [6.07, 6.45) is 7.58. The van der Waals surface area contributed by atoms with E-state index in [4.69, 9.17) is 4.74 Å². The second-order valence-corrected chi connectivity index (χ2v) is 6.84. The second-order valence-electron chi connectivity index (χ2n) is 6.84. The predicted molar refractivity (Wildman–Crippen MR) is 91.1 cm³/mol. The number of hydrogen-bond donors (Lipinski definition) is 0. The Kier molecular flexibility index (Phi) is 4.00. The second kappa shape index (κ2) is 6.30. The van der Waals surface area contributed by atoms with Gasteiger partial charge in [-0.05, 0) is 42.0 Å². The molecule has 1 saturated heterocycles. The standard InChI is InChI=1S/C19H23N3O2/c1-21-12-17(11-20-21)16-6-7-22(13-16)19(23)10-14-4-5-18-15(9-14)3-2-8-24-18/h4-5,9,11-12,16H,2-3,6-8,10,13H2,1H3. The summed E-state index contributed by atoms with van der Waals surface area (Å²) in [6.45, 7) is 2.44. The van der Waals surface area contributed by atoms with Crippen LogP contribution in [0.4, 0.5) is 0 Å². The first-order valence-electron chi connectivity index (χ1n) is 8.70. The molecule has 0 saturated carbocycles. The van der Waals surface area contributed by atoms with Gasteiger partial charge in [-0.3, -0.25) is 9.48 Å². The summed E-state index contributed by atoms with van der Waals surface area (Å²) < 4.78 is 7.47. The minimum atomic E-state index is 0.220. The molecule has 1 aromatic carbocycles. The fourth-order valence-corrected chi connectivity index (χ4v) is 3.72. The third kappa shape index (κ3) is 3.03. The van der Waals surface area contributed by atoms with Crippen molar-refractivity contribution >= 4 is 5.91 Å². The van der Waals surface area contributed by atoms with Crippen molar-refractivity contribution < 1.29 is 9.53 Å². The number of rotatable bonds is 3. The fraction of sp³-hybridized carbons (Fsp3) is 0.474. The molecule has 1 amide bonds. The molecular weight excluding hydrogens is 302 g/mol. The first kappa shape index (κ1) is 15.2. The maximum absolute atomic E-state index is 12.6. The molecule has 24 heavy (non-hydrogen) atoms. The maximum Gasteiger partial charge on any atom is 0.227 e. The Morgan fingerprint density at radius 1 is 1.42 bits per heavy atom. The minimum absolute atomic E-state index is 0.220. The topological polar surface area (TPSA) is 47.4 Å². The Bertz CT molecular complexity index is 753. The van der Waals surface area contributed by atoms with Gasteiger partial charge in [0, 0.05) is 32.3 Å². The van der Waals surface area contributed by atoms with E-state index in [9.17, 15) is 4.79 Å². The van der Waals surface area contributed by atoms with Crippen molar-refractivity contribution in [3.8, 4) is 5.75 Å². The molecule has 0 N–H and O–H groups in total. The molecule has 0 bridgehead atoms. The monoisotopic (exact) mass is 325 g/mol. The number of aromatic nitrogens is 2. The van der Waals surface area contributed by atoms with Gasteiger partial charge in [0.05, 0.1) is 19.2 Å². The van der Waals surface area contributed by atoms with E-state index in [0.29, 0.717) is 12.3 Å². The fourth-order valence-electron chi connectivity index (χ4n) is 3.72. The number of nitrogens with zero attached hydrogens (tertiary/aromatic N) is 3. The van der Waals surface area contributed by atoms with Crippen molar-refractivity contribution in [2.24, 2.45) is 7.05 Å². The largest absolute Gasteiger partial charge is 0.493 e. The number of carbonyl (C=O) groups excluding carboxylic acids is 1. The van der Waals surface area contributed by atoms with Crippen LogP contribution in [0.15, 0.2) is 30.6 Å². The van der Waals surface area contributed by atoms with Crippen molar-refractivity contribution in [3.05, 3.63) is 47.3 Å². The minimum Gasteiger partial charge on any atom is -0.493 e. The SMILES string of the molecule is Cn1cc(C2CCN(C(=O)Cc3ccc4c(c3)CCCO4)C2)cn1. The highest BCUT2D eigenvalue weighted by Gasteiger charge is 2.28. The van der Waals surface area contributed by atoms with Gasteiger partial charge in [0.25, 0.3) is 0 Å². The highest BCUT2D eigenvalue weighted by Crippen LogP contribution is 2.28. The number of fused-ring (bicyclic) bond motifs is 1. The molecule has 2 aliphatic heterocycles. The normalized spacial score (nSPS) is 19.9. The summed E-state index contributed by atoms with van der Waals surface area (Å²) >= 11 is 0. The van der Waals surface area contributed by atoms with Crippen LogP contribution in [0.5, 0.6) is 5.75 Å². The van der Waals surface area contributed by atoms with Crippen LogP contribution in [0.1, 0.15) is 35.4 Å². The average molecular weight is 325 g/mol. The molecule has 0 radical (unpaired) electrons. The zero-order valence-corrected chi connectivity index (χ0v) is 14.1. The van der Waals surface area contributed by atoms with E-state index in [-0.39, 0.29) is 5.91 Å². The van der Waals surface area contributed by atoms with Crippen molar-refractivity contribution in [1.29, 1.82) is 0 Å². The van der Waals surface area contributed by atoms with E-state index < -0.39 is 0 Å². The van der Waals surface area contributed by atoms with Crippen LogP contribution in [0.25, 0.3) is 0 Å². The molecule has 2 aromatic rings. The van der Waals surface area contributed by atoms with Crippen LogP contribution >= 0.6 is 0 Å². The molecule has 0 aliphatic carbocycles. The Morgan fingerprint density at radius 2 is 2.33 bits per heavy atom. The molecule has 4 rings (SSSR count). The molecular formula is C19H23N3O2. The number of aryl methyl sites for hydroxylation is 2. The van der Waals surface area contributed by atoms with Gasteiger partial charge in [0.2, 0.25) is 5.91 Å². The molecule has 2 aliphatic rings. The number of hydrogen-bond acceptors (Lipinski definition) is 3. The Labute approximate surface area is 142 Å². The smallest absolute Gasteiger partial charge is 0.227 e. The van der Waals surface area contributed by atoms with Crippen LogP contribution in [0.3, 0.4) is 0 Å². The average Bonchev–Trinajstić information content (AvgIpc) is 3.23. The molecule has 1 atom stereocenters. The van der Waals surface area contributed by atoms with Gasteiger partial charge < -0.3 is 9.64 Å². The Hall–Kier alpha value is -2.30. The molecule has 5 nitrogen and oxygen atoms in total. The van der Waals surface area contributed by atoms with Crippen molar-refractivity contribution in [3.63, 3.8) is 0 Å². The van der Waals surface area contributed by atoms with Crippen LogP contribution in [-0.2, 0) is 24.7 Å². The lowest BCUT2D eigenvalue weighted by molar-refractivity contribution is -0.129. The van der Waals surface area contributed by atoms with Crippen LogP contribution in [-0.4, -0.2) is 40.3 Å². The number of carbonyl (C=O) groups is 1. The molecule has 126 valence electrons.